The van der Waals surface area contributed by atoms with Gasteiger partial charge in [0.15, 0.2) is 0 Å². The molecule has 0 spiro atoms. The zero-order valence-electron chi connectivity index (χ0n) is 18.3. The molecule has 6 N–H and O–H groups in total. The van der Waals surface area contributed by atoms with Crippen molar-refractivity contribution in [1.29, 1.82) is 0 Å². The molecule has 2 aromatic rings. The Hall–Kier alpha value is -2.30. The normalized spacial score (nSPS) is 18.5. The number of hydrogen-bond acceptors (Lipinski definition) is 7. The molecule has 2 atom stereocenters. The lowest BCUT2D eigenvalue weighted by Crippen LogP contribution is -2.47. The summed E-state index contributed by atoms with van der Waals surface area (Å²) < 4.78 is 28.3. The Morgan fingerprint density at radius 2 is 1.97 bits per heavy atom. The third-order valence-corrected chi connectivity index (χ3v) is 7.39. The van der Waals surface area contributed by atoms with Crippen LogP contribution in [0.15, 0.2) is 48.5 Å². The van der Waals surface area contributed by atoms with E-state index < -0.39 is 28.8 Å². The van der Waals surface area contributed by atoms with Gasteiger partial charge in [0.25, 0.3) is 5.91 Å². The largest absolute Gasteiger partial charge is 0.494 e. The van der Waals surface area contributed by atoms with Crippen LogP contribution in [0.4, 0.5) is 5.69 Å². The van der Waals surface area contributed by atoms with Crippen LogP contribution in [0.3, 0.4) is 0 Å². The number of ether oxygens (including phenoxy) is 1. The molecular formula is C23H33N3O5S. The van der Waals surface area contributed by atoms with Gasteiger partial charge >= 0.3 is 0 Å². The van der Waals surface area contributed by atoms with Crippen molar-refractivity contribution < 1.29 is 23.7 Å². The highest BCUT2D eigenvalue weighted by molar-refractivity contribution is 8.25. The number of aliphatic hydroxyl groups excluding tert-OH is 1. The molecule has 0 aromatic heterocycles. The number of amides is 1. The topological polar surface area (TPSA) is 128 Å². The number of rotatable bonds is 9. The summed E-state index contributed by atoms with van der Waals surface area (Å²) >= 11 is 0. The lowest BCUT2D eigenvalue weighted by Gasteiger charge is -2.47. The minimum absolute atomic E-state index is 0.0106. The number of nitrogens with two attached hydrogens (primary N) is 1. The molecule has 1 aliphatic rings. The molecule has 1 heterocycles. The average molecular weight is 464 g/mol. The molecule has 9 heteroatoms. The molecular weight excluding hydrogens is 430 g/mol. The maximum absolute atomic E-state index is 13.2. The molecule has 2 unspecified atom stereocenters. The number of carbonyl (C=O) groups is 1. The maximum atomic E-state index is 13.2. The SMILES string of the molecule is CCOc1cc(C(=O)NC(Cc2ccccc2)C(O)CN)cc(N2CCCCS2(O)O)c1. The highest BCUT2D eigenvalue weighted by atomic mass is 32.3. The van der Waals surface area contributed by atoms with Crippen molar-refractivity contribution in [2.75, 3.05) is 29.8 Å². The van der Waals surface area contributed by atoms with Gasteiger partial charge in [0.1, 0.15) is 5.75 Å². The Labute approximate surface area is 190 Å². The fourth-order valence-electron chi connectivity index (χ4n) is 3.78. The Kier molecular flexibility index (Phi) is 8.38. The average Bonchev–Trinajstić information content (AvgIpc) is 2.78. The van der Waals surface area contributed by atoms with Crippen molar-refractivity contribution in [3.05, 3.63) is 59.7 Å². The number of benzene rings is 2. The highest BCUT2D eigenvalue weighted by Gasteiger charge is 2.28. The van der Waals surface area contributed by atoms with Crippen LogP contribution in [-0.4, -0.2) is 57.7 Å². The molecule has 0 bridgehead atoms. The zero-order valence-corrected chi connectivity index (χ0v) is 19.1. The number of carbonyl (C=O) groups excluding carboxylic acids is 1. The summed E-state index contributed by atoms with van der Waals surface area (Å²) in [5.41, 5.74) is 7.49. The molecule has 0 radical (unpaired) electrons. The molecule has 1 saturated heterocycles. The molecule has 176 valence electrons. The Morgan fingerprint density at radius 1 is 1.22 bits per heavy atom. The minimum atomic E-state index is -2.94. The summed E-state index contributed by atoms with van der Waals surface area (Å²) in [5, 5.41) is 13.3. The first-order valence-electron chi connectivity index (χ1n) is 10.9. The molecule has 1 fully saturated rings. The molecule has 1 amide bonds. The van der Waals surface area contributed by atoms with E-state index in [0.717, 1.165) is 18.4 Å². The standard InChI is InChI=1S/C23H33N3O5S/c1-2-31-20-14-18(13-19(15-20)26-10-6-7-11-32(26,29)30)23(28)25-21(22(27)16-24)12-17-8-4-3-5-9-17/h3-5,8-9,13-15,21-22,27,29-30H,2,6-7,10-12,16,24H2,1H3,(H,25,28). The lowest BCUT2D eigenvalue weighted by molar-refractivity contribution is 0.0845. The van der Waals surface area contributed by atoms with Crippen LogP contribution in [0.2, 0.25) is 0 Å². The van der Waals surface area contributed by atoms with E-state index in [1.165, 1.54) is 0 Å². The van der Waals surface area contributed by atoms with Gasteiger partial charge in [-0.1, -0.05) is 30.3 Å². The van der Waals surface area contributed by atoms with E-state index in [2.05, 4.69) is 5.32 Å². The van der Waals surface area contributed by atoms with Crippen molar-refractivity contribution in [3.63, 3.8) is 0 Å². The first-order valence-corrected chi connectivity index (χ1v) is 12.6. The summed E-state index contributed by atoms with van der Waals surface area (Å²) in [6.07, 6.45) is 1.09. The van der Waals surface area contributed by atoms with E-state index in [4.69, 9.17) is 10.5 Å². The second-order valence-electron chi connectivity index (χ2n) is 7.87. The Balaban J connectivity index is 1.87. The van der Waals surface area contributed by atoms with Crippen molar-refractivity contribution in [2.45, 2.75) is 38.3 Å². The minimum Gasteiger partial charge on any atom is -0.494 e. The molecule has 32 heavy (non-hydrogen) atoms. The number of hydrogen-bond donors (Lipinski definition) is 5. The molecule has 0 aliphatic carbocycles. The summed E-state index contributed by atoms with van der Waals surface area (Å²) in [7, 11) is -2.94. The van der Waals surface area contributed by atoms with E-state index in [1.54, 1.807) is 22.5 Å². The van der Waals surface area contributed by atoms with Crippen molar-refractivity contribution in [3.8, 4) is 5.75 Å². The van der Waals surface area contributed by atoms with Gasteiger partial charge in [-0.05, 0) is 43.9 Å². The second kappa shape index (κ2) is 11.0. The maximum Gasteiger partial charge on any atom is 0.251 e. The van der Waals surface area contributed by atoms with Crippen LogP contribution >= 0.6 is 10.8 Å². The predicted molar refractivity (Wildman–Crippen MR) is 128 cm³/mol. The number of nitrogens with zero attached hydrogens (tertiary/aromatic N) is 1. The van der Waals surface area contributed by atoms with Crippen molar-refractivity contribution in [1.82, 2.24) is 5.32 Å². The van der Waals surface area contributed by atoms with Gasteiger partial charge in [0.2, 0.25) is 0 Å². The summed E-state index contributed by atoms with van der Waals surface area (Å²) in [5.74, 6) is 0.375. The van der Waals surface area contributed by atoms with E-state index in [9.17, 15) is 19.0 Å². The van der Waals surface area contributed by atoms with Gasteiger partial charge in [-0.2, -0.15) is 0 Å². The Bertz CT molecular complexity index is 896. The van der Waals surface area contributed by atoms with Gasteiger partial charge in [0, 0.05) is 24.7 Å². The van der Waals surface area contributed by atoms with Gasteiger partial charge < -0.3 is 20.9 Å². The van der Waals surface area contributed by atoms with E-state index >= 15 is 0 Å². The molecule has 3 rings (SSSR count). The fourth-order valence-corrected chi connectivity index (χ4v) is 5.46. The van der Waals surface area contributed by atoms with Gasteiger partial charge in [0.05, 0.1) is 30.2 Å². The second-order valence-corrected chi connectivity index (χ2v) is 9.98. The smallest absolute Gasteiger partial charge is 0.251 e. The molecule has 2 aromatic carbocycles. The lowest BCUT2D eigenvalue weighted by atomic mass is 10.0. The summed E-state index contributed by atoms with van der Waals surface area (Å²) in [6.45, 7) is 2.75. The third kappa shape index (κ3) is 6.14. The van der Waals surface area contributed by atoms with E-state index in [-0.39, 0.29) is 6.54 Å². The van der Waals surface area contributed by atoms with Crippen LogP contribution in [0.25, 0.3) is 0 Å². The van der Waals surface area contributed by atoms with E-state index in [0.29, 0.717) is 42.3 Å². The van der Waals surface area contributed by atoms with Crippen molar-refractivity contribution in [2.24, 2.45) is 5.73 Å². The first-order chi connectivity index (χ1) is 15.3. The van der Waals surface area contributed by atoms with Crippen LogP contribution in [0.5, 0.6) is 5.75 Å². The highest BCUT2D eigenvalue weighted by Crippen LogP contribution is 2.50. The van der Waals surface area contributed by atoms with Crippen LogP contribution < -0.4 is 20.1 Å². The fraction of sp³-hybridized carbons (Fsp3) is 0.435. The predicted octanol–water partition coefficient (Wildman–Crippen LogP) is 3.01. The zero-order chi connectivity index (χ0) is 23.1. The first kappa shape index (κ1) is 24.3. The van der Waals surface area contributed by atoms with Gasteiger partial charge in [-0.15, -0.1) is 10.8 Å². The van der Waals surface area contributed by atoms with E-state index in [1.807, 2.05) is 37.3 Å². The number of aliphatic hydroxyl groups is 1. The molecule has 8 nitrogen and oxygen atoms in total. The Morgan fingerprint density at radius 3 is 2.62 bits per heavy atom. The summed E-state index contributed by atoms with van der Waals surface area (Å²) in [4.78, 5) is 13.2. The van der Waals surface area contributed by atoms with Crippen LogP contribution in [0.1, 0.15) is 35.7 Å². The van der Waals surface area contributed by atoms with Crippen LogP contribution in [0, 0.1) is 0 Å². The quantitative estimate of drug-likeness (QED) is 0.387. The monoisotopic (exact) mass is 463 g/mol. The van der Waals surface area contributed by atoms with Crippen molar-refractivity contribution >= 4 is 22.4 Å². The van der Waals surface area contributed by atoms with Crippen LogP contribution in [-0.2, 0) is 6.42 Å². The van der Waals surface area contributed by atoms with Gasteiger partial charge in [-0.25, -0.2) is 0 Å². The molecule has 1 aliphatic heterocycles. The van der Waals surface area contributed by atoms with Gasteiger partial charge in [-0.3, -0.25) is 18.2 Å². The number of anilines is 1. The summed E-state index contributed by atoms with van der Waals surface area (Å²) in [6, 6.07) is 13.9. The third-order valence-electron chi connectivity index (χ3n) is 5.46. The number of nitrogens with one attached hydrogen (secondary N) is 1. The molecule has 0 saturated carbocycles.